The van der Waals surface area contributed by atoms with Gasteiger partial charge in [-0.3, -0.25) is 44.0 Å². The molecule has 1 aliphatic carbocycles. The predicted molar refractivity (Wildman–Crippen MR) is 223 cm³/mol. The maximum Gasteiger partial charge on any atom is 0.348 e. The first kappa shape index (κ1) is 40.6. The summed E-state index contributed by atoms with van der Waals surface area (Å²) in [6.07, 6.45) is 7.68. The number of hydrogen-bond acceptors (Lipinski definition) is 14. The van der Waals surface area contributed by atoms with Crippen LogP contribution in [0, 0.1) is 24.0 Å². The van der Waals surface area contributed by atoms with Crippen LogP contribution in [0.25, 0.3) is 11.0 Å². The van der Waals surface area contributed by atoms with E-state index in [1.54, 1.807) is 47.0 Å². The molecule has 3 N–H and O–H groups in total. The van der Waals surface area contributed by atoms with Crippen molar-refractivity contribution in [2.75, 3.05) is 47.0 Å². The number of para-hydroxylation sites is 1. The summed E-state index contributed by atoms with van der Waals surface area (Å²) >= 11 is 0.749. The fourth-order valence-corrected chi connectivity index (χ4v) is 8.40. The molecular formula is C40H43N11O7S. The zero-order chi connectivity index (χ0) is 41.8. The molecule has 1 saturated carbocycles. The number of nitrogens with zero attached hydrogens (tertiary/aromatic N) is 8. The molecule has 1 aliphatic heterocycles. The lowest BCUT2D eigenvalue weighted by Crippen LogP contribution is -2.48. The average molecular weight is 822 g/mol. The van der Waals surface area contributed by atoms with Gasteiger partial charge in [0, 0.05) is 56.6 Å². The van der Waals surface area contributed by atoms with Gasteiger partial charge in [0.25, 0.3) is 11.5 Å². The fraction of sp³-hybridized carbons (Fsp3) is 0.375. The molecule has 0 radical (unpaired) electrons. The second-order valence-corrected chi connectivity index (χ2v) is 15.5. The molecule has 1 aromatic carbocycles. The second-order valence-electron chi connectivity index (χ2n) is 14.6. The van der Waals surface area contributed by atoms with Gasteiger partial charge in [-0.1, -0.05) is 25.0 Å². The molecule has 3 amide bonds. The first-order valence-electron chi connectivity index (χ1n) is 19.4. The second kappa shape index (κ2) is 17.5. The van der Waals surface area contributed by atoms with Crippen LogP contribution < -0.4 is 26.4 Å². The summed E-state index contributed by atoms with van der Waals surface area (Å²) in [7, 11) is 0. The number of pyridine rings is 2. The monoisotopic (exact) mass is 821 g/mol. The summed E-state index contributed by atoms with van der Waals surface area (Å²) in [6, 6.07) is 10.1. The number of anilines is 5. The third kappa shape index (κ3) is 8.94. The molecular weight excluding hydrogens is 779 g/mol. The first-order valence-corrected chi connectivity index (χ1v) is 20.2. The van der Waals surface area contributed by atoms with Gasteiger partial charge >= 0.3 is 5.00 Å². The number of nitro groups is 1. The van der Waals surface area contributed by atoms with Crippen molar-refractivity contribution in [3.63, 3.8) is 0 Å². The number of rotatable bonds is 13. The topological polar surface area (TPSA) is 228 Å². The minimum Gasteiger partial charge on any atom is -0.367 e. The van der Waals surface area contributed by atoms with E-state index in [0.29, 0.717) is 55.0 Å². The van der Waals surface area contributed by atoms with E-state index >= 15 is 0 Å². The maximum atomic E-state index is 13.5. The molecule has 0 unspecified atom stereocenters. The molecule has 5 heterocycles. The van der Waals surface area contributed by atoms with Gasteiger partial charge in [-0.2, -0.15) is 4.98 Å². The Kier molecular flexibility index (Phi) is 12.0. The Bertz CT molecular complexity index is 2510. The summed E-state index contributed by atoms with van der Waals surface area (Å²) in [5.74, 6) is -0.453. The Hall–Kier alpha value is -6.63. The van der Waals surface area contributed by atoms with Crippen molar-refractivity contribution in [2.24, 2.45) is 0 Å². The highest BCUT2D eigenvalue weighted by atomic mass is 32.1. The number of hydrogen-bond donors (Lipinski definition) is 3. The van der Waals surface area contributed by atoms with Crippen LogP contribution in [0.1, 0.15) is 89.9 Å². The van der Waals surface area contributed by atoms with Crippen LogP contribution in [-0.4, -0.2) is 84.0 Å². The van der Waals surface area contributed by atoms with Crippen LogP contribution in [0.5, 0.6) is 0 Å². The van der Waals surface area contributed by atoms with Gasteiger partial charge in [0.2, 0.25) is 17.8 Å². The highest BCUT2D eigenvalue weighted by molar-refractivity contribution is 7.19. The van der Waals surface area contributed by atoms with Gasteiger partial charge < -0.3 is 20.4 Å². The van der Waals surface area contributed by atoms with E-state index < -0.39 is 10.8 Å². The van der Waals surface area contributed by atoms with Crippen LogP contribution in [0.2, 0.25) is 0 Å². The van der Waals surface area contributed by atoms with Gasteiger partial charge in [0.05, 0.1) is 33.6 Å². The lowest BCUT2D eigenvalue weighted by Gasteiger charge is -2.36. The highest BCUT2D eigenvalue weighted by Crippen LogP contribution is 2.33. The average Bonchev–Trinajstić information content (AvgIpc) is 3.88. The van der Waals surface area contributed by atoms with Crippen molar-refractivity contribution in [3.05, 3.63) is 91.6 Å². The number of amides is 3. The van der Waals surface area contributed by atoms with E-state index in [1.807, 2.05) is 12.1 Å². The normalized spacial score (nSPS) is 14.4. The summed E-state index contributed by atoms with van der Waals surface area (Å²) < 4.78 is 1.68. The molecule has 18 nitrogen and oxygen atoms in total. The molecule has 7 rings (SSSR count). The summed E-state index contributed by atoms with van der Waals surface area (Å²) in [5, 5.41) is 20.2. The number of nitrogens with one attached hydrogen (secondary N) is 3. The molecule has 306 valence electrons. The lowest BCUT2D eigenvalue weighted by atomic mass is 10.0. The van der Waals surface area contributed by atoms with E-state index in [-0.39, 0.29) is 80.6 Å². The molecule has 4 aromatic heterocycles. The quantitative estimate of drug-likeness (QED) is 0.0711. The van der Waals surface area contributed by atoms with Gasteiger partial charge in [0.1, 0.15) is 17.2 Å². The van der Waals surface area contributed by atoms with Crippen LogP contribution in [0.15, 0.2) is 53.6 Å². The fourth-order valence-electron chi connectivity index (χ4n) is 7.62. The van der Waals surface area contributed by atoms with Crippen LogP contribution in [-0.2, 0) is 9.59 Å². The Labute approximate surface area is 342 Å². The molecule has 1 saturated heterocycles. The zero-order valence-electron chi connectivity index (χ0n) is 32.8. The number of benzene rings is 1. The molecule has 19 heteroatoms. The smallest absolute Gasteiger partial charge is 0.348 e. The van der Waals surface area contributed by atoms with E-state index in [2.05, 4.69) is 35.8 Å². The van der Waals surface area contributed by atoms with Gasteiger partial charge in [-0.15, -0.1) is 0 Å². The molecule has 0 atom stereocenters. The molecule has 59 heavy (non-hydrogen) atoms. The Balaban J connectivity index is 0.890. The number of carbonyl (C=O) groups excluding carboxylic acids is 4. The Morgan fingerprint density at radius 2 is 1.68 bits per heavy atom. The van der Waals surface area contributed by atoms with E-state index in [9.17, 15) is 34.1 Å². The Morgan fingerprint density at radius 3 is 2.36 bits per heavy atom. The van der Waals surface area contributed by atoms with Gasteiger partial charge in [-0.05, 0) is 81.2 Å². The van der Waals surface area contributed by atoms with Crippen LogP contribution in [0.4, 0.5) is 33.3 Å². The lowest BCUT2D eigenvalue weighted by molar-refractivity contribution is -0.380. The number of ketones is 1. The summed E-state index contributed by atoms with van der Waals surface area (Å²) in [6.45, 7) is 6.87. The molecule has 2 fully saturated rings. The van der Waals surface area contributed by atoms with Crippen LogP contribution in [0.3, 0.4) is 0 Å². The minimum absolute atomic E-state index is 0.0260. The predicted octanol–water partition coefficient (Wildman–Crippen LogP) is 5.94. The SMILES string of the molecule is CC(=O)c1c(C)c2cnc(Nc3ccc(N4CCN(C(=O)CCCC(=O)Nc5ccccc5C(=O)Nc5nc(C)c([N+](=O)[O-])s5)CC4)cn3)nc2n(C2CCCC2)c1=O. The molecule has 0 spiro atoms. The van der Waals surface area contributed by atoms with Crippen molar-refractivity contribution in [1.82, 2.24) is 29.4 Å². The summed E-state index contributed by atoms with van der Waals surface area (Å²) in [4.78, 5) is 97.2. The van der Waals surface area contributed by atoms with Crippen molar-refractivity contribution >= 4 is 79.1 Å². The highest BCUT2D eigenvalue weighted by Gasteiger charge is 2.27. The van der Waals surface area contributed by atoms with Gasteiger partial charge in [-0.25, -0.2) is 15.0 Å². The number of Topliss-reactive ketones (excluding diaryl/α,β-unsaturated/α-hetero) is 1. The van der Waals surface area contributed by atoms with E-state index in [1.165, 1.54) is 19.9 Å². The number of carbonyl (C=O) groups is 4. The number of thiazole rings is 1. The minimum atomic E-state index is -0.577. The number of aromatic nitrogens is 5. The third-order valence-electron chi connectivity index (χ3n) is 10.6. The standard InChI is InChI=1S/C40H43N11O7S/c1-23-29-22-42-39(46-35(29)50(26-9-4-5-10-26)37(56)34(23)25(3)52)45-31-16-15-27(21-41-31)48-17-19-49(20-18-48)33(54)14-8-13-32(53)44-30-12-7-6-11-28(30)36(55)47-40-43-24(2)38(59-40)51(57)58/h6-7,11-12,15-16,21-22,26H,4-5,8-10,13-14,17-20H2,1-3H3,(H,44,53)(H,43,47,55)(H,41,42,45,46). The maximum absolute atomic E-state index is 13.5. The van der Waals surface area contributed by atoms with Crippen molar-refractivity contribution < 1.29 is 24.1 Å². The van der Waals surface area contributed by atoms with E-state index in [4.69, 9.17) is 4.98 Å². The third-order valence-corrected chi connectivity index (χ3v) is 11.7. The number of fused-ring (bicyclic) bond motifs is 1. The summed E-state index contributed by atoms with van der Waals surface area (Å²) in [5.41, 5.74) is 2.47. The van der Waals surface area contributed by atoms with Gasteiger partial charge in [0.15, 0.2) is 10.9 Å². The number of aryl methyl sites for hydroxylation is 2. The molecule has 5 aromatic rings. The zero-order valence-corrected chi connectivity index (χ0v) is 33.6. The van der Waals surface area contributed by atoms with Crippen molar-refractivity contribution in [3.8, 4) is 0 Å². The van der Waals surface area contributed by atoms with Crippen LogP contribution >= 0.6 is 11.3 Å². The molecule has 2 aliphatic rings. The Morgan fingerprint density at radius 1 is 0.932 bits per heavy atom. The molecule has 0 bridgehead atoms. The number of piperazine rings is 1. The largest absolute Gasteiger partial charge is 0.367 e. The van der Waals surface area contributed by atoms with Crippen molar-refractivity contribution in [2.45, 2.75) is 71.8 Å². The van der Waals surface area contributed by atoms with Crippen molar-refractivity contribution in [1.29, 1.82) is 0 Å². The van der Waals surface area contributed by atoms with E-state index in [0.717, 1.165) is 42.7 Å². The first-order chi connectivity index (χ1) is 28.4.